The Balaban J connectivity index is 2.28. The third-order valence-electron chi connectivity index (χ3n) is 2.61. The van der Waals surface area contributed by atoms with Gasteiger partial charge in [0.25, 0.3) is 0 Å². The largest absolute Gasteiger partial charge is 0.294 e. The molecule has 0 aliphatic heterocycles. The minimum Gasteiger partial charge on any atom is -0.294 e. The molecule has 0 amide bonds. The lowest BCUT2D eigenvalue weighted by Gasteiger charge is -2.06. The molecule has 98 valence electrons. The molecule has 5 heteroatoms. The van der Waals surface area contributed by atoms with Crippen molar-refractivity contribution in [2.45, 2.75) is 6.42 Å². The molecule has 2 rings (SSSR count). The van der Waals surface area contributed by atoms with E-state index in [-0.39, 0.29) is 17.8 Å². The average Bonchev–Trinajstić information content (AvgIpc) is 2.34. The molecule has 0 saturated heterocycles. The van der Waals surface area contributed by atoms with Gasteiger partial charge in [-0.3, -0.25) is 4.79 Å². The molecule has 0 atom stereocenters. The van der Waals surface area contributed by atoms with Gasteiger partial charge in [0.2, 0.25) is 0 Å². The van der Waals surface area contributed by atoms with E-state index >= 15 is 0 Å². The Morgan fingerprint density at radius 3 is 2.63 bits per heavy atom. The number of halogens is 4. The first-order valence-electron chi connectivity index (χ1n) is 5.40. The van der Waals surface area contributed by atoms with Crippen LogP contribution in [0.25, 0.3) is 0 Å². The summed E-state index contributed by atoms with van der Waals surface area (Å²) >= 11 is 15.0. The molecule has 0 radical (unpaired) electrons. The number of ketones is 1. The number of Topliss-reactive ketones (excluding diaryl/α,β-unsaturated/α-hetero) is 1. The van der Waals surface area contributed by atoms with Crippen molar-refractivity contribution >= 4 is 44.9 Å². The number of rotatable bonds is 3. The summed E-state index contributed by atoms with van der Waals surface area (Å²) in [5.74, 6) is -0.897. The van der Waals surface area contributed by atoms with Gasteiger partial charge in [-0.05, 0) is 29.8 Å². The van der Waals surface area contributed by atoms with Gasteiger partial charge in [-0.1, -0.05) is 51.3 Å². The van der Waals surface area contributed by atoms with Crippen LogP contribution in [0.15, 0.2) is 40.9 Å². The lowest BCUT2D eigenvalue weighted by atomic mass is 10.0. The second-order valence-corrected chi connectivity index (χ2v) is 5.64. The molecule has 0 aromatic heterocycles. The van der Waals surface area contributed by atoms with Crippen molar-refractivity contribution in [3.05, 3.63) is 67.9 Å². The van der Waals surface area contributed by atoms with Crippen LogP contribution in [0.5, 0.6) is 0 Å². The van der Waals surface area contributed by atoms with Gasteiger partial charge >= 0.3 is 0 Å². The summed E-state index contributed by atoms with van der Waals surface area (Å²) in [6.07, 6.45) is 0.0119. The lowest BCUT2D eigenvalue weighted by molar-refractivity contribution is 0.0989. The first kappa shape index (κ1) is 14.5. The van der Waals surface area contributed by atoms with Gasteiger partial charge in [-0.2, -0.15) is 0 Å². The van der Waals surface area contributed by atoms with Crippen molar-refractivity contribution in [2.75, 3.05) is 0 Å². The number of benzene rings is 2. The van der Waals surface area contributed by atoms with Gasteiger partial charge < -0.3 is 0 Å². The molecule has 19 heavy (non-hydrogen) atoms. The maximum Gasteiger partial charge on any atom is 0.170 e. The first-order valence-corrected chi connectivity index (χ1v) is 6.95. The van der Waals surface area contributed by atoms with Gasteiger partial charge in [0.05, 0.1) is 15.6 Å². The predicted molar refractivity (Wildman–Crippen MR) is 78.6 cm³/mol. The van der Waals surface area contributed by atoms with Gasteiger partial charge in [-0.25, -0.2) is 4.39 Å². The molecule has 2 aromatic carbocycles. The van der Waals surface area contributed by atoms with E-state index in [9.17, 15) is 9.18 Å². The summed E-state index contributed by atoms with van der Waals surface area (Å²) in [6, 6.07) is 9.36. The molecule has 2 aromatic rings. The third kappa shape index (κ3) is 3.35. The molecule has 0 aliphatic carbocycles. The maximum absolute atomic E-state index is 13.7. The van der Waals surface area contributed by atoms with Crippen molar-refractivity contribution in [1.29, 1.82) is 0 Å². The van der Waals surface area contributed by atoms with E-state index in [1.165, 1.54) is 12.1 Å². The highest BCUT2D eigenvalue weighted by atomic mass is 79.9. The molecule has 1 nitrogen and oxygen atoms in total. The summed E-state index contributed by atoms with van der Waals surface area (Å²) in [6.45, 7) is 0. The van der Waals surface area contributed by atoms with Crippen LogP contribution in [0.2, 0.25) is 10.0 Å². The zero-order chi connectivity index (χ0) is 14.0. The predicted octanol–water partition coefficient (Wildman–Crippen LogP) is 5.32. The van der Waals surface area contributed by atoms with Crippen LogP contribution in [0, 0.1) is 5.82 Å². The van der Waals surface area contributed by atoms with E-state index in [1.807, 2.05) is 0 Å². The Labute approximate surface area is 128 Å². The molecule has 0 saturated carbocycles. The number of hydrogen-bond donors (Lipinski definition) is 0. The van der Waals surface area contributed by atoms with Crippen LogP contribution in [-0.2, 0) is 6.42 Å². The normalized spacial score (nSPS) is 10.5. The van der Waals surface area contributed by atoms with Crippen LogP contribution < -0.4 is 0 Å². The molecular weight excluding hydrogens is 354 g/mol. The quantitative estimate of drug-likeness (QED) is 0.676. The van der Waals surface area contributed by atoms with Crippen molar-refractivity contribution in [1.82, 2.24) is 0 Å². The number of hydrogen-bond acceptors (Lipinski definition) is 1. The van der Waals surface area contributed by atoms with E-state index < -0.39 is 5.82 Å². The molecule has 0 unspecified atom stereocenters. The van der Waals surface area contributed by atoms with E-state index in [4.69, 9.17) is 23.2 Å². The first-order chi connectivity index (χ1) is 8.99. The lowest BCUT2D eigenvalue weighted by Crippen LogP contribution is -2.06. The molecular formula is C14H8BrCl2FO. The summed E-state index contributed by atoms with van der Waals surface area (Å²) < 4.78 is 14.3. The van der Waals surface area contributed by atoms with Crippen LogP contribution >= 0.6 is 39.1 Å². The summed E-state index contributed by atoms with van der Waals surface area (Å²) in [5.41, 5.74) is 0.626. The van der Waals surface area contributed by atoms with Gasteiger partial charge in [0.1, 0.15) is 5.82 Å². The van der Waals surface area contributed by atoms with Crippen LogP contribution in [0.1, 0.15) is 15.9 Å². The minimum absolute atomic E-state index is 0.0119. The van der Waals surface area contributed by atoms with Crippen LogP contribution in [0.4, 0.5) is 4.39 Å². The standard InChI is InChI=1S/C14H8BrCl2FO/c15-9-4-5-10(12(18)7-9)13(19)6-8-2-1-3-11(16)14(8)17/h1-5,7H,6H2. The third-order valence-corrected chi connectivity index (χ3v) is 3.97. The van der Waals surface area contributed by atoms with E-state index in [0.717, 1.165) is 0 Å². The fourth-order valence-electron chi connectivity index (χ4n) is 1.67. The van der Waals surface area contributed by atoms with Gasteiger partial charge in [0, 0.05) is 10.9 Å². The van der Waals surface area contributed by atoms with Crippen LogP contribution in [0.3, 0.4) is 0 Å². The van der Waals surface area contributed by atoms with Gasteiger partial charge in [0.15, 0.2) is 5.78 Å². The smallest absolute Gasteiger partial charge is 0.170 e. The Hall–Kier alpha value is -0.900. The van der Waals surface area contributed by atoms with E-state index in [0.29, 0.717) is 20.1 Å². The summed E-state index contributed by atoms with van der Waals surface area (Å²) in [4.78, 5) is 12.1. The Morgan fingerprint density at radius 2 is 1.95 bits per heavy atom. The fraction of sp³-hybridized carbons (Fsp3) is 0.0714. The highest BCUT2D eigenvalue weighted by molar-refractivity contribution is 9.10. The van der Waals surface area contributed by atoms with Crippen molar-refractivity contribution < 1.29 is 9.18 Å². The second-order valence-electron chi connectivity index (χ2n) is 3.94. The minimum atomic E-state index is -0.558. The van der Waals surface area contributed by atoms with Crippen LogP contribution in [-0.4, -0.2) is 5.78 Å². The van der Waals surface area contributed by atoms with E-state index in [1.54, 1.807) is 24.3 Å². The fourth-order valence-corrected chi connectivity index (χ4v) is 2.39. The molecule has 0 spiro atoms. The maximum atomic E-state index is 13.7. The summed E-state index contributed by atoms with van der Waals surface area (Å²) in [5, 5.41) is 0.707. The van der Waals surface area contributed by atoms with Crippen molar-refractivity contribution in [3.63, 3.8) is 0 Å². The Bertz CT molecular complexity index is 643. The Kier molecular flexibility index (Phi) is 4.61. The highest BCUT2D eigenvalue weighted by Gasteiger charge is 2.15. The second kappa shape index (κ2) is 6.04. The monoisotopic (exact) mass is 360 g/mol. The Morgan fingerprint density at radius 1 is 1.21 bits per heavy atom. The molecule has 0 aliphatic rings. The molecule has 0 bridgehead atoms. The highest BCUT2D eigenvalue weighted by Crippen LogP contribution is 2.27. The number of carbonyl (C=O) groups excluding carboxylic acids is 1. The van der Waals surface area contributed by atoms with Gasteiger partial charge in [-0.15, -0.1) is 0 Å². The summed E-state index contributed by atoms with van der Waals surface area (Å²) in [7, 11) is 0. The zero-order valence-electron chi connectivity index (χ0n) is 9.59. The number of carbonyl (C=O) groups is 1. The van der Waals surface area contributed by atoms with Crippen molar-refractivity contribution in [2.24, 2.45) is 0 Å². The SMILES string of the molecule is O=C(Cc1cccc(Cl)c1Cl)c1ccc(Br)cc1F. The molecule has 0 fully saturated rings. The molecule has 0 N–H and O–H groups in total. The van der Waals surface area contributed by atoms with Crippen molar-refractivity contribution in [3.8, 4) is 0 Å². The topological polar surface area (TPSA) is 17.1 Å². The zero-order valence-corrected chi connectivity index (χ0v) is 12.7. The van der Waals surface area contributed by atoms with E-state index in [2.05, 4.69) is 15.9 Å². The molecule has 0 heterocycles. The average molecular weight is 362 g/mol.